The summed E-state index contributed by atoms with van der Waals surface area (Å²) < 4.78 is 0. The highest BCUT2D eigenvalue weighted by molar-refractivity contribution is 7.80. The van der Waals surface area contributed by atoms with Crippen molar-refractivity contribution in [2.24, 2.45) is 5.73 Å². The predicted octanol–water partition coefficient (Wildman–Crippen LogP) is 3.65. The van der Waals surface area contributed by atoms with Gasteiger partial charge in [0, 0.05) is 10.3 Å². The Bertz CT molecular complexity index is 669. The van der Waals surface area contributed by atoms with Crippen LogP contribution in [0.15, 0.2) is 41.8 Å². The molecule has 1 aromatic carbocycles. The summed E-state index contributed by atoms with van der Waals surface area (Å²) >= 11 is 6.70. The third-order valence-electron chi connectivity index (χ3n) is 3.54. The van der Waals surface area contributed by atoms with E-state index in [-0.39, 0.29) is 17.1 Å². The Hall–Kier alpha value is -1.92. The summed E-state index contributed by atoms with van der Waals surface area (Å²) in [6, 6.07) is 11.6. The minimum absolute atomic E-state index is 0.138. The molecular weight excluding hydrogens is 326 g/mol. The third kappa shape index (κ3) is 4.53. The summed E-state index contributed by atoms with van der Waals surface area (Å²) in [6.07, 6.45) is 2.04. The Morgan fingerprint density at radius 3 is 2.70 bits per heavy atom. The van der Waals surface area contributed by atoms with E-state index in [1.54, 1.807) is 11.3 Å². The molecule has 1 heterocycles. The predicted molar refractivity (Wildman–Crippen MR) is 99.3 cm³/mol. The lowest BCUT2D eigenvalue weighted by atomic mass is 10.1. The van der Waals surface area contributed by atoms with Gasteiger partial charge in [0.15, 0.2) is 5.11 Å². The Kier molecular flexibility index (Phi) is 6.12. The second-order valence-electron chi connectivity index (χ2n) is 5.29. The van der Waals surface area contributed by atoms with Crippen molar-refractivity contribution in [1.29, 1.82) is 0 Å². The highest BCUT2D eigenvalue weighted by atomic mass is 32.1. The van der Waals surface area contributed by atoms with Gasteiger partial charge in [-0.1, -0.05) is 43.7 Å². The van der Waals surface area contributed by atoms with E-state index in [1.165, 1.54) is 9.89 Å². The largest absolute Gasteiger partial charge is 0.375 e. The van der Waals surface area contributed by atoms with Crippen molar-refractivity contribution >= 4 is 34.6 Å². The lowest BCUT2D eigenvalue weighted by molar-refractivity contribution is 0.0841. The zero-order chi connectivity index (χ0) is 16.8. The molecule has 0 bridgehead atoms. The minimum atomic E-state index is -0.195. The number of nitrogens with zero attached hydrogens (tertiary/aromatic N) is 1. The number of hydrazine groups is 1. The average molecular weight is 348 g/mol. The van der Waals surface area contributed by atoms with E-state index in [2.05, 4.69) is 12.3 Å². The van der Waals surface area contributed by atoms with Crippen LogP contribution in [0.25, 0.3) is 0 Å². The second-order valence-corrected chi connectivity index (χ2v) is 6.70. The van der Waals surface area contributed by atoms with Crippen LogP contribution >= 0.6 is 23.6 Å². The summed E-state index contributed by atoms with van der Waals surface area (Å²) in [4.78, 5) is 13.7. The number of thiophene rings is 1. The molecule has 6 heteroatoms. The normalized spacial score (nSPS) is 11.7. The molecule has 0 spiro atoms. The van der Waals surface area contributed by atoms with Gasteiger partial charge in [-0.25, -0.2) is 0 Å². The van der Waals surface area contributed by atoms with E-state index in [9.17, 15) is 4.79 Å². The maximum atomic E-state index is 12.5. The Morgan fingerprint density at radius 1 is 1.39 bits per heavy atom. The van der Waals surface area contributed by atoms with Gasteiger partial charge >= 0.3 is 0 Å². The summed E-state index contributed by atoms with van der Waals surface area (Å²) in [7, 11) is 0. The first-order valence-corrected chi connectivity index (χ1v) is 8.83. The van der Waals surface area contributed by atoms with Crippen LogP contribution in [0, 0.1) is 0 Å². The molecule has 0 radical (unpaired) electrons. The lowest BCUT2D eigenvalue weighted by Gasteiger charge is -2.29. The van der Waals surface area contributed by atoms with Crippen LogP contribution in [0.1, 0.15) is 47.1 Å². The number of benzene rings is 1. The highest BCUT2D eigenvalue weighted by Gasteiger charge is 2.20. The number of carbonyl (C=O) groups excluding carboxylic acids is 1. The van der Waals surface area contributed by atoms with Crippen molar-refractivity contribution in [2.75, 3.05) is 0 Å². The van der Waals surface area contributed by atoms with Crippen LogP contribution in [0.3, 0.4) is 0 Å². The molecule has 0 aliphatic rings. The molecule has 1 atom stereocenters. The molecule has 0 aliphatic carbocycles. The number of nitrogens with two attached hydrogens (primary N) is 1. The molecule has 1 aromatic heterocycles. The van der Waals surface area contributed by atoms with Crippen molar-refractivity contribution in [3.8, 4) is 0 Å². The fraction of sp³-hybridized carbons (Fsp3) is 0.294. The van der Waals surface area contributed by atoms with Gasteiger partial charge in [0.25, 0.3) is 5.91 Å². The van der Waals surface area contributed by atoms with E-state index < -0.39 is 0 Å². The number of carbonyl (C=O) groups is 1. The van der Waals surface area contributed by atoms with Gasteiger partial charge in [-0.2, -0.15) is 0 Å². The van der Waals surface area contributed by atoms with Crippen molar-refractivity contribution in [2.45, 2.75) is 32.7 Å². The Morgan fingerprint density at radius 2 is 2.09 bits per heavy atom. The number of amides is 1. The van der Waals surface area contributed by atoms with E-state index >= 15 is 0 Å². The van der Waals surface area contributed by atoms with Gasteiger partial charge in [-0.15, -0.1) is 11.3 Å². The van der Waals surface area contributed by atoms with Gasteiger partial charge < -0.3 is 5.73 Å². The Labute approximate surface area is 146 Å². The zero-order valence-corrected chi connectivity index (χ0v) is 14.9. The van der Waals surface area contributed by atoms with Crippen LogP contribution in [-0.2, 0) is 6.42 Å². The van der Waals surface area contributed by atoms with Gasteiger partial charge in [-0.05, 0) is 37.2 Å². The maximum absolute atomic E-state index is 12.5. The lowest BCUT2D eigenvalue weighted by Crippen LogP contribution is -2.49. The van der Waals surface area contributed by atoms with Crippen LogP contribution in [0.4, 0.5) is 0 Å². The minimum Gasteiger partial charge on any atom is -0.375 e. The van der Waals surface area contributed by atoms with Crippen LogP contribution in [0.5, 0.6) is 0 Å². The SMILES string of the molecule is CCCc1cc(C(=O)NN(C(N)=S)C(C)c2ccccc2)cs1. The third-order valence-corrected chi connectivity index (χ3v) is 4.73. The summed E-state index contributed by atoms with van der Waals surface area (Å²) in [6.45, 7) is 4.07. The molecular formula is C17H21N3OS2. The molecule has 0 fully saturated rings. The topological polar surface area (TPSA) is 58.4 Å². The molecule has 23 heavy (non-hydrogen) atoms. The van der Waals surface area contributed by atoms with Gasteiger partial charge in [-0.3, -0.25) is 15.2 Å². The van der Waals surface area contributed by atoms with Crippen molar-refractivity contribution in [3.63, 3.8) is 0 Å². The first kappa shape index (κ1) is 17.4. The molecule has 0 saturated heterocycles. The quantitative estimate of drug-likeness (QED) is 0.640. The van der Waals surface area contributed by atoms with E-state index in [4.69, 9.17) is 18.0 Å². The molecule has 122 valence electrons. The van der Waals surface area contributed by atoms with E-state index in [0.717, 1.165) is 18.4 Å². The van der Waals surface area contributed by atoms with Gasteiger partial charge in [0.2, 0.25) is 0 Å². The number of hydrogen-bond donors (Lipinski definition) is 2. The summed E-state index contributed by atoms with van der Waals surface area (Å²) in [5.41, 5.74) is 10.3. The number of nitrogens with one attached hydrogen (secondary N) is 1. The monoisotopic (exact) mass is 347 g/mol. The fourth-order valence-electron chi connectivity index (χ4n) is 2.27. The van der Waals surface area contributed by atoms with Crippen molar-refractivity contribution in [1.82, 2.24) is 10.4 Å². The molecule has 4 nitrogen and oxygen atoms in total. The number of thiocarbonyl (C=S) groups is 1. The molecule has 3 N–H and O–H groups in total. The number of rotatable bonds is 5. The van der Waals surface area contributed by atoms with E-state index in [1.807, 2.05) is 48.7 Å². The second kappa shape index (κ2) is 8.08. The first-order chi connectivity index (χ1) is 11.0. The standard InChI is InChI=1S/C17H21N3OS2/c1-3-7-15-10-14(11-23-15)16(21)19-20(17(18)22)12(2)13-8-5-4-6-9-13/h4-6,8-12H,3,7H2,1-2H3,(H2,18,22)(H,19,21). The fourth-order valence-corrected chi connectivity index (χ4v) is 3.45. The highest BCUT2D eigenvalue weighted by Crippen LogP contribution is 2.20. The molecule has 1 amide bonds. The first-order valence-electron chi connectivity index (χ1n) is 7.55. The molecule has 0 saturated carbocycles. The van der Waals surface area contributed by atoms with Crippen LogP contribution < -0.4 is 11.2 Å². The molecule has 0 aliphatic heterocycles. The molecule has 2 rings (SSSR count). The van der Waals surface area contributed by atoms with Crippen LogP contribution in [-0.4, -0.2) is 16.0 Å². The maximum Gasteiger partial charge on any atom is 0.270 e. The summed E-state index contributed by atoms with van der Waals surface area (Å²) in [5.74, 6) is -0.195. The molecule has 1 unspecified atom stereocenters. The Balaban J connectivity index is 2.12. The van der Waals surface area contributed by atoms with Crippen molar-refractivity contribution < 1.29 is 4.79 Å². The van der Waals surface area contributed by atoms with Crippen LogP contribution in [0.2, 0.25) is 0 Å². The zero-order valence-electron chi connectivity index (χ0n) is 13.3. The number of hydrogen-bond acceptors (Lipinski definition) is 3. The van der Waals surface area contributed by atoms with E-state index in [0.29, 0.717) is 5.56 Å². The smallest absolute Gasteiger partial charge is 0.270 e. The number of aryl methyl sites for hydroxylation is 1. The van der Waals surface area contributed by atoms with Gasteiger partial charge in [0.05, 0.1) is 11.6 Å². The molecule has 2 aromatic rings. The van der Waals surface area contributed by atoms with Gasteiger partial charge in [0.1, 0.15) is 0 Å². The average Bonchev–Trinajstić information content (AvgIpc) is 3.01. The summed E-state index contributed by atoms with van der Waals surface area (Å²) in [5, 5.41) is 3.54. The van der Waals surface area contributed by atoms with Crippen molar-refractivity contribution in [3.05, 3.63) is 57.8 Å².